The Morgan fingerprint density at radius 3 is 2.22 bits per heavy atom. The Morgan fingerprint density at radius 2 is 1.62 bits per heavy atom. The zero-order valence-corrected chi connectivity index (χ0v) is 30.4. The molecule has 0 spiro atoms. The number of hydrogen-bond donors (Lipinski definition) is 0. The summed E-state index contributed by atoms with van der Waals surface area (Å²) in [4.78, 5) is 39.5. The normalized spacial score (nSPS) is 41.5. The minimum Gasteiger partial charge on any atom is -0.462 e. The van der Waals surface area contributed by atoms with Crippen LogP contribution in [0.15, 0.2) is 23.8 Å². The summed E-state index contributed by atoms with van der Waals surface area (Å²) in [5.41, 5.74) is 1.45. The van der Waals surface area contributed by atoms with Gasteiger partial charge in [0.05, 0.1) is 11.8 Å². The number of ketones is 1. The second kappa shape index (κ2) is 11.1. The maximum atomic E-state index is 13.5. The highest BCUT2D eigenvalue weighted by Gasteiger charge is 2.68. The predicted octanol–water partition coefficient (Wildman–Crippen LogP) is 9.43. The Bertz CT molecular complexity index is 1280. The lowest BCUT2D eigenvalue weighted by Crippen LogP contribution is -2.64. The first-order chi connectivity index (χ1) is 20.7. The van der Waals surface area contributed by atoms with E-state index < -0.39 is 11.0 Å². The topological polar surface area (TPSA) is 69.7 Å². The van der Waals surface area contributed by atoms with Gasteiger partial charge in [-0.1, -0.05) is 47.6 Å². The molecule has 252 valence electrons. The molecule has 5 aliphatic carbocycles. The average molecular weight is 623 g/mol. The van der Waals surface area contributed by atoms with E-state index >= 15 is 0 Å². The predicted molar refractivity (Wildman–Crippen MR) is 179 cm³/mol. The van der Waals surface area contributed by atoms with E-state index in [1.165, 1.54) is 18.4 Å². The van der Waals surface area contributed by atoms with Crippen molar-refractivity contribution >= 4 is 17.7 Å². The van der Waals surface area contributed by atoms with Crippen LogP contribution in [-0.4, -0.2) is 29.4 Å². The van der Waals surface area contributed by atoms with Crippen LogP contribution in [0.1, 0.15) is 140 Å². The highest BCUT2D eigenvalue weighted by molar-refractivity contribution is 6.01. The van der Waals surface area contributed by atoms with Crippen molar-refractivity contribution in [2.45, 2.75) is 152 Å². The van der Waals surface area contributed by atoms with Gasteiger partial charge >= 0.3 is 11.9 Å². The standard InChI is InChI=1S/C40H62O5/c1-13-40-21-20-38(11)27(33(40)32(24(2)3)28(41)22-40)14-15-30-37(10)18-17-29(25(4)26(37)16-19-39(30,38)12)44-31(42)23-36(8,9)34(43)45-35(5,6)7/h13,24-27,29-30H,1,14-23H2,2-12H3/t25-,26+,27-,29+,30-,37+,38-,39-,40+/m1/s1. The third kappa shape index (κ3) is 5.29. The molecule has 5 rings (SSSR count). The van der Waals surface area contributed by atoms with Crippen LogP contribution in [0.25, 0.3) is 0 Å². The van der Waals surface area contributed by atoms with E-state index in [0.717, 1.165) is 44.1 Å². The number of carbonyl (C=O) groups is 3. The van der Waals surface area contributed by atoms with Crippen LogP contribution in [-0.2, 0) is 23.9 Å². The fourth-order valence-electron chi connectivity index (χ4n) is 11.7. The maximum Gasteiger partial charge on any atom is 0.312 e. The smallest absolute Gasteiger partial charge is 0.312 e. The van der Waals surface area contributed by atoms with E-state index in [2.05, 4.69) is 54.2 Å². The fourth-order valence-corrected chi connectivity index (χ4v) is 11.7. The zero-order chi connectivity index (χ0) is 33.5. The van der Waals surface area contributed by atoms with Crippen LogP contribution in [0.5, 0.6) is 0 Å². The maximum absolute atomic E-state index is 13.5. The third-order valence-electron chi connectivity index (χ3n) is 14.2. The molecule has 5 heteroatoms. The average Bonchev–Trinajstić information content (AvgIpc) is 3.22. The molecule has 4 fully saturated rings. The number of carbonyl (C=O) groups excluding carboxylic acids is 3. The Kier molecular flexibility index (Phi) is 8.48. The molecule has 4 saturated carbocycles. The number of fused-ring (bicyclic) bond motifs is 7. The molecule has 5 nitrogen and oxygen atoms in total. The second-order valence-electron chi connectivity index (χ2n) is 18.6. The van der Waals surface area contributed by atoms with Crippen LogP contribution in [0.3, 0.4) is 0 Å². The first kappa shape index (κ1) is 34.4. The molecule has 0 radical (unpaired) electrons. The molecule has 0 amide bonds. The van der Waals surface area contributed by atoms with E-state index in [9.17, 15) is 14.4 Å². The lowest BCUT2D eigenvalue weighted by Gasteiger charge is -2.71. The van der Waals surface area contributed by atoms with Gasteiger partial charge < -0.3 is 9.47 Å². The minimum absolute atomic E-state index is 0.0242. The van der Waals surface area contributed by atoms with Crippen LogP contribution in [0, 0.1) is 56.7 Å². The minimum atomic E-state index is -0.935. The van der Waals surface area contributed by atoms with Gasteiger partial charge in [-0.25, -0.2) is 0 Å². The monoisotopic (exact) mass is 622 g/mol. The van der Waals surface area contributed by atoms with Gasteiger partial charge in [0, 0.05) is 11.8 Å². The van der Waals surface area contributed by atoms with Gasteiger partial charge in [-0.05, 0) is 143 Å². The van der Waals surface area contributed by atoms with E-state index in [4.69, 9.17) is 9.47 Å². The molecule has 5 aliphatic rings. The lowest BCUT2D eigenvalue weighted by atomic mass is 9.34. The van der Waals surface area contributed by atoms with Crippen molar-refractivity contribution in [3.8, 4) is 0 Å². The summed E-state index contributed by atoms with van der Waals surface area (Å²) in [6.45, 7) is 27.8. The molecule has 0 aliphatic heterocycles. The Morgan fingerprint density at radius 1 is 0.956 bits per heavy atom. The van der Waals surface area contributed by atoms with Gasteiger partial charge in [0.1, 0.15) is 11.7 Å². The second-order valence-corrected chi connectivity index (χ2v) is 18.6. The molecular formula is C40H62O5. The fraction of sp³-hybridized carbons (Fsp3) is 0.825. The van der Waals surface area contributed by atoms with Crippen molar-refractivity contribution in [3.05, 3.63) is 23.8 Å². The van der Waals surface area contributed by atoms with Crippen molar-refractivity contribution in [1.82, 2.24) is 0 Å². The van der Waals surface area contributed by atoms with Crippen molar-refractivity contribution in [1.29, 1.82) is 0 Å². The molecule has 0 aromatic rings. The molecule has 0 aromatic carbocycles. The number of allylic oxidation sites excluding steroid dienone is 3. The zero-order valence-electron chi connectivity index (χ0n) is 30.4. The van der Waals surface area contributed by atoms with Crippen molar-refractivity contribution < 1.29 is 23.9 Å². The third-order valence-corrected chi connectivity index (χ3v) is 14.2. The van der Waals surface area contributed by atoms with Crippen molar-refractivity contribution in [2.75, 3.05) is 0 Å². The molecule has 0 bridgehead atoms. The van der Waals surface area contributed by atoms with E-state index in [1.807, 2.05) is 20.8 Å². The number of Topliss-reactive ketones (excluding diaryl/α,β-unsaturated/α-hetero) is 1. The molecule has 9 atom stereocenters. The quantitative estimate of drug-likeness (QED) is 0.218. The van der Waals surface area contributed by atoms with Crippen molar-refractivity contribution in [2.24, 2.45) is 56.7 Å². The SMILES string of the molecule is C=C[C@@]12CC[C@]3(C)[C@H](CC[C@@H]4[C@@]5(C)CC[C@H](OC(=O)CC(C)(C)C(=O)OC(C)(C)C)[C@H](C)[C@@H]5CC[C@]43C)C1=C(C(C)C)C(=O)C2. The van der Waals surface area contributed by atoms with Gasteiger partial charge in [0.2, 0.25) is 0 Å². The van der Waals surface area contributed by atoms with Crippen LogP contribution in [0.4, 0.5) is 0 Å². The molecule has 0 saturated heterocycles. The highest BCUT2D eigenvalue weighted by Crippen LogP contribution is 2.76. The number of esters is 2. The van der Waals surface area contributed by atoms with Crippen LogP contribution >= 0.6 is 0 Å². The van der Waals surface area contributed by atoms with Crippen LogP contribution < -0.4 is 0 Å². The summed E-state index contributed by atoms with van der Waals surface area (Å²) in [7, 11) is 0. The summed E-state index contributed by atoms with van der Waals surface area (Å²) in [6.07, 6.45) is 11.5. The Labute approximate surface area is 273 Å². The number of ether oxygens (including phenoxy) is 2. The largest absolute Gasteiger partial charge is 0.462 e. The lowest BCUT2D eigenvalue weighted by molar-refractivity contribution is -0.214. The van der Waals surface area contributed by atoms with Gasteiger partial charge in [0.25, 0.3) is 0 Å². The van der Waals surface area contributed by atoms with E-state index in [-0.39, 0.29) is 58.0 Å². The summed E-state index contributed by atoms with van der Waals surface area (Å²) in [5, 5.41) is 0. The molecule has 0 aromatic heterocycles. The number of rotatable bonds is 6. The highest BCUT2D eigenvalue weighted by atomic mass is 16.6. The molecule has 0 unspecified atom stereocenters. The van der Waals surface area contributed by atoms with E-state index in [0.29, 0.717) is 30.0 Å². The summed E-state index contributed by atoms with van der Waals surface area (Å²) in [6, 6.07) is 0. The molecule has 0 N–H and O–H groups in total. The van der Waals surface area contributed by atoms with Gasteiger partial charge in [-0.15, -0.1) is 6.58 Å². The van der Waals surface area contributed by atoms with E-state index in [1.54, 1.807) is 13.8 Å². The Hall–Kier alpha value is -1.91. The van der Waals surface area contributed by atoms with Crippen LogP contribution in [0.2, 0.25) is 0 Å². The molecule has 45 heavy (non-hydrogen) atoms. The summed E-state index contributed by atoms with van der Waals surface area (Å²) in [5.74, 6) is 1.77. The number of hydrogen-bond acceptors (Lipinski definition) is 5. The van der Waals surface area contributed by atoms with Gasteiger partial charge in [-0.3, -0.25) is 14.4 Å². The molecule has 0 heterocycles. The van der Waals surface area contributed by atoms with Crippen molar-refractivity contribution in [3.63, 3.8) is 0 Å². The Balaban J connectivity index is 1.35. The summed E-state index contributed by atoms with van der Waals surface area (Å²) >= 11 is 0. The summed E-state index contributed by atoms with van der Waals surface area (Å²) < 4.78 is 11.8. The van der Waals surface area contributed by atoms with Gasteiger partial charge in [-0.2, -0.15) is 0 Å². The first-order valence-electron chi connectivity index (χ1n) is 18.0. The van der Waals surface area contributed by atoms with Gasteiger partial charge in [0.15, 0.2) is 5.78 Å². The first-order valence-corrected chi connectivity index (χ1v) is 18.0. The molecular weight excluding hydrogens is 560 g/mol.